The van der Waals surface area contributed by atoms with Crippen molar-refractivity contribution in [3.63, 3.8) is 0 Å². The van der Waals surface area contributed by atoms with Crippen LogP contribution in [0.5, 0.6) is 0 Å². The summed E-state index contributed by atoms with van der Waals surface area (Å²) >= 11 is 0. The highest BCUT2D eigenvalue weighted by Gasteiger charge is 2.18. The van der Waals surface area contributed by atoms with Crippen molar-refractivity contribution in [3.05, 3.63) is 0 Å². The molecule has 0 aromatic rings. The molecule has 2 atom stereocenters. The second-order valence-corrected chi connectivity index (χ2v) is 7.42. The summed E-state index contributed by atoms with van der Waals surface area (Å²) < 4.78 is 11.8. The Balaban J connectivity index is 3.83. The van der Waals surface area contributed by atoms with E-state index in [0.717, 1.165) is 18.6 Å². The normalized spacial score (nSPS) is 16.7. The maximum atomic E-state index is 11.8. The van der Waals surface area contributed by atoms with Crippen molar-refractivity contribution in [1.29, 1.82) is 0 Å². The van der Waals surface area contributed by atoms with Crippen molar-refractivity contribution in [2.24, 2.45) is 17.1 Å². The van der Waals surface area contributed by atoms with Gasteiger partial charge in [-0.3, -0.25) is 4.21 Å². The maximum absolute atomic E-state index is 11.8. The van der Waals surface area contributed by atoms with Crippen molar-refractivity contribution < 1.29 is 4.21 Å². The molecule has 0 bridgehead atoms. The molecular formula is C12H27NOS. The second-order valence-electron chi connectivity index (χ2n) is 5.51. The predicted molar refractivity (Wildman–Crippen MR) is 69.4 cm³/mol. The Morgan fingerprint density at radius 2 is 1.80 bits per heavy atom. The van der Waals surface area contributed by atoms with Gasteiger partial charge in [0.25, 0.3) is 0 Å². The number of rotatable bonds is 7. The molecule has 0 saturated heterocycles. The van der Waals surface area contributed by atoms with Gasteiger partial charge in [0.2, 0.25) is 0 Å². The lowest BCUT2D eigenvalue weighted by molar-refractivity contribution is 0.344. The van der Waals surface area contributed by atoms with Crippen LogP contribution in [0.2, 0.25) is 0 Å². The molecular weight excluding hydrogens is 206 g/mol. The molecule has 2 N–H and O–H groups in total. The van der Waals surface area contributed by atoms with E-state index in [2.05, 4.69) is 34.6 Å². The van der Waals surface area contributed by atoms with Crippen LogP contribution in [0.3, 0.4) is 0 Å². The molecule has 2 unspecified atom stereocenters. The highest BCUT2D eigenvalue weighted by molar-refractivity contribution is 7.85. The Kier molecular flexibility index (Phi) is 6.69. The van der Waals surface area contributed by atoms with E-state index >= 15 is 0 Å². The predicted octanol–water partition coefficient (Wildman–Crippen LogP) is 2.54. The van der Waals surface area contributed by atoms with E-state index in [0.29, 0.717) is 17.7 Å². The summed E-state index contributed by atoms with van der Waals surface area (Å²) in [5.74, 6) is 1.33. The molecule has 0 spiro atoms. The first-order valence-electron chi connectivity index (χ1n) is 5.87. The van der Waals surface area contributed by atoms with Gasteiger partial charge in [0, 0.05) is 21.8 Å². The van der Waals surface area contributed by atoms with Crippen LogP contribution in [0, 0.1) is 11.3 Å². The van der Waals surface area contributed by atoms with E-state index in [1.165, 1.54) is 0 Å². The van der Waals surface area contributed by atoms with Crippen molar-refractivity contribution in [2.45, 2.75) is 52.7 Å². The second kappa shape index (κ2) is 6.64. The van der Waals surface area contributed by atoms with Crippen LogP contribution in [-0.4, -0.2) is 21.8 Å². The van der Waals surface area contributed by atoms with E-state index in [-0.39, 0.29) is 5.41 Å². The lowest BCUT2D eigenvalue weighted by Gasteiger charge is -2.22. The minimum atomic E-state index is -0.672. The first-order chi connectivity index (χ1) is 6.80. The third-order valence-electron chi connectivity index (χ3n) is 3.11. The Morgan fingerprint density at radius 3 is 2.20 bits per heavy atom. The molecule has 0 heterocycles. The summed E-state index contributed by atoms with van der Waals surface area (Å²) in [5.41, 5.74) is 5.86. The molecule has 0 aliphatic rings. The fourth-order valence-electron chi connectivity index (χ4n) is 1.28. The number of hydrogen-bond acceptors (Lipinski definition) is 2. The maximum Gasteiger partial charge on any atom is 0.0342 e. The Hall–Kier alpha value is 0.110. The molecule has 0 saturated carbocycles. The summed E-state index contributed by atoms with van der Waals surface area (Å²) in [4.78, 5) is 0. The van der Waals surface area contributed by atoms with Crippen molar-refractivity contribution in [1.82, 2.24) is 0 Å². The first kappa shape index (κ1) is 15.1. The van der Waals surface area contributed by atoms with E-state index < -0.39 is 10.8 Å². The largest absolute Gasteiger partial charge is 0.330 e. The minimum absolute atomic E-state index is 0.200. The lowest BCUT2D eigenvalue weighted by Crippen LogP contribution is -2.25. The highest BCUT2D eigenvalue weighted by Crippen LogP contribution is 2.21. The van der Waals surface area contributed by atoms with Gasteiger partial charge in [-0.25, -0.2) is 0 Å². The third kappa shape index (κ3) is 6.31. The van der Waals surface area contributed by atoms with Crippen molar-refractivity contribution >= 4 is 10.8 Å². The summed E-state index contributed by atoms with van der Waals surface area (Å²) in [7, 11) is -0.672. The van der Waals surface area contributed by atoms with Gasteiger partial charge in [0.15, 0.2) is 0 Å². The Labute approximate surface area is 97.5 Å². The third-order valence-corrected chi connectivity index (χ3v) is 5.17. The molecule has 0 fully saturated rings. The molecule has 0 amide bonds. The van der Waals surface area contributed by atoms with Crippen LogP contribution in [0.4, 0.5) is 0 Å². The van der Waals surface area contributed by atoms with Crippen LogP contribution >= 0.6 is 0 Å². The summed E-state index contributed by atoms with van der Waals surface area (Å²) in [6, 6.07) is 0. The topological polar surface area (TPSA) is 43.1 Å². The number of nitrogens with two attached hydrogens (primary N) is 1. The zero-order valence-corrected chi connectivity index (χ0v) is 11.7. The minimum Gasteiger partial charge on any atom is -0.330 e. The van der Waals surface area contributed by atoms with Crippen molar-refractivity contribution in [3.8, 4) is 0 Å². The molecule has 0 aromatic heterocycles. The quantitative estimate of drug-likeness (QED) is 0.734. The molecule has 92 valence electrons. The van der Waals surface area contributed by atoms with Crippen LogP contribution in [-0.2, 0) is 10.8 Å². The Morgan fingerprint density at radius 1 is 1.27 bits per heavy atom. The summed E-state index contributed by atoms with van der Waals surface area (Å²) in [5, 5.41) is 0.311. The lowest BCUT2D eigenvalue weighted by atomic mass is 9.88. The van der Waals surface area contributed by atoms with Crippen LogP contribution < -0.4 is 5.73 Å². The van der Waals surface area contributed by atoms with Gasteiger partial charge in [0.05, 0.1) is 0 Å². The molecule has 2 nitrogen and oxygen atoms in total. The average Bonchev–Trinajstić information content (AvgIpc) is 2.16. The molecule has 0 rings (SSSR count). The SMILES string of the molecule is CC(C)C(C)S(=O)CCCC(C)(C)CN. The van der Waals surface area contributed by atoms with E-state index in [4.69, 9.17) is 5.73 Å². The van der Waals surface area contributed by atoms with Gasteiger partial charge in [-0.05, 0) is 30.7 Å². The van der Waals surface area contributed by atoms with Gasteiger partial charge in [-0.2, -0.15) is 0 Å². The molecule has 0 aromatic carbocycles. The molecule has 0 aliphatic heterocycles. The Bertz CT molecular complexity index is 202. The summed E-state index contributed by atoms with van der Waals surface area (Å²) in [6.45, 7) is 11.4. The smallest absolute Gasteiger partial charge is 0.0342 e. The van der Waals surface area contributed by atoms with Crippen LogP contribution in [0.1, 0.15) is 47.5 Å². The molecule has 0 aliphatic carbocycles. The fraction of sp³-hybridized carbons (Fsp3) is 1.00. The standard InChI is InChI=1S/C12H27NOS/c1-10(2)11(3)15(14)8-6-7-12(4,5)9-13/h10-11H,6-9,13H2,1-5H3. The molecule has 15 heavy (non-hydrogen) atoms. The van der Waals surface area contributed by atoms with E-state index in [9.17, 15) is 4.21 Å². The average molecular weight is 233 g/mol. The first-order valence-corrected chi connectivity index (χ1v) is 7.25. The van der Waals surface area contributed by atoms with Crippen LogP contribution in [0.15, 0.2) is 0 Å². The fourth-order valence-corrected chi connectivity index (χ4v) is 2.69. The molecule has 0 radical (unpaired) electrons. The van der Waals surface area contributed by atoms with Gasteiger partial charge >= 0.3 is 0 Å². The van der Waals surface area contributed by atoms with Gasteiger partial charge in [-0.15, -0.1) is 0 Å². The zero-order chi connectivity index (χ0) is 12.1. The van der Waals surface area contributed by atoms with E-state index in [1.54, 1.807) is 0 Å². The zero-order valence-electron chi connectivity index (χ0n) is 10.9. The summed E-state index contributed by atoms with van der Waals surface area (Å²) in [6.07, 6.45) is 2.09. The monoisotopic (exact) mass is 233 g/mol. The highest BCUT2D eigenvalue weighted by atomic mass is 32.2. The van der Waals surface area contributed by atoms with Gasteiger partial charge in [0.1, 0.15) is 0 Å². The van der Waals surface area contributed by atoms with Crippen LogP contribution in [0.25, 0.3) is 0 Å². The van der Waals surface area contributed by atoms with Crippen molar-refractivity contribution in [2.75, 3.05) is 12.3 Å². The number of hydrogen-bond donors (Lipinski definition) is 1. The molecule has 3 heteroatoms. The van der Waals surface area contributed by atoms with Gasteiger partial charge < -0.3 is 5.73 Å². The van der Waals surface area contributed by atoms with E-state index in [1.807, 2.05) is 0 Å². The van der Waals surface area contributed by atoms with Gasteiger partial charge in [-0.1, -0.05) is 34.6 Å².